The van der Waals surface area contributed by atoms with Crippen LogP contribution in [-0.2, 0) is 22.6 Å². The standard InChI is InChI=1S/C33H41FN6O3/c1-5-43-32(41)27-23(2)35-31-29(28(27)24-12-7-6-8-13-24)30(36-33(42)40(31)17-11-16-37(3)4)39-20-18-38(19-21-39)22-25-14-9-10-15-26(25)34/h6-10,12-15,28,35H,5,11,16-22H2,1-4H3. The minimum atomic E-state index is -0.476. The second-order valence-corrected chi connectivity index (χ2v) is 11.4. The number of carbonyl (C=O) groups is 1. The number of fused-ring (bicyclic) bond motifs is 1. The molecule has 9 nitrogen and oxygen atoms in total. The number of anilines is 2. The van der Waals surface area contributed by atoms with Crippen LogP contribution in [0.1, 0.15) is 42.9 Å². The molecule has 1 N–H and O–H groups in total. The van der Waals surface area contributed by atoms with Gasteiger partial charge in [0.25, 0.3) is 0 Å². The molecule has 0 saturated carbocycles. The summed E-state index contributed by atoms with van der Waals surface area (Å²) in [6.45, 7) is 8.31. The van der Waals surface area contributed by atoms with Gasteiger partial charge >= 0.3 is 11.7 Å². The Morgan fingerprint density at radius 3 is 2.44 bits per heavy atom. The summed E-state index contributed by atoms with van der Waals surface area (Å²) in [7, 11) is 4.02. The zero-order chi connectivity index (χ0) is 30.5. The molecule has 43 heavy (non-hydrogen) atoms. The Kier molecular flexibility index (Phi) is 9.57. The second-order valence-electron chi connectivity index (χ2n) is 11.4. The Morgan fingerprint density at radius 1 is 1.07 bits per heavy atom. The molecule has 0 bridgehead atoms. The van der Waals surface area contributed by atoms with Gasteiger partial charge < -0.3 is 19.9 Å². The second kappa shape index (κ2) is 13.5. The number of hydrogen-bond acceptors (Lipinski definition) is 8. The molecular weight excluding hydrogens is 547 g/mol. The molecule has 0 spiro atoms. The lowest BCUT2D eigenvalue weighted by Crippen LogP contribution is -2.48. The first kappa shape index (κ1) is 30.4. The number of halogens is 1. The van der Waals surface area contributed by atoms with Crippen LogP contribution in [0.3, 0.4) is 0 Å². The fourth-order valence-electron chi connectivity index (χ4n) is 6.00. The van der Waals surface area contributed by atoms with Gasteiger partial charge in [-0.3, -0.25) is 9.47 Å². The number of nitrogens with zero attached hydrogens (tertiary/aromatic N) is 5. The zero-order valence-electron chi connectivity index (χ0n) is 25.5. The van der Waals surface area contributed by atoms with E-state index in [4.69, 9.17) is 9.72 Å². The molecule has 5 rings (SSSR count). The summed E-state index contributed by atoms with van der Waals surface area (Å²) in [4.78, 5) is 38.2. The van der Waals surface area contributed by atoms with Crippen LogP contribution >= 0.6 is 0 Å². The average molecular weight is 589 g/mol. The fourth-order valence-corrected chi connectivity index (χ4v) is 6.00. The maximum atomic E-state index is 14.3. The van der Waals surface area contributed by atoms with Crippen LogP contribution in [0.4, 0.5) is 16.0 Å². The number of hydrogen-bond donors (Lipinski definition) is 1. The van der Waals surface area contributed by atoms with Gasteiger partial charge in [-0.2, -0.15) is 4.98 Å². The third-order valence-electron chi connectivity index (χ3n) is 8.12. The Hall–Kier alpha value is -4.02. The maximum Gasteiger partial charge on any atom is 0.351 e. The van der Waals surface area contributed by atoms with Gasteiger partial charge in [-0.1, -0.05) is 48.5 Å². The molecule has 0 aliphatic carbocycles. The minimum Gasteiger partial charge on any atom is -0.463 e. The first-order valence-corrected chi connectivity index (χ1v) is 15.0. The number of piperazine rings is 1. The minimum absolute atomic E-state index is 0.205. The van der Waals surface area contributed by atoms with Crippen molar-refractivity contribution in [2.45, 2.75) is 39.3 Å². The van der Waals surface area contributed by atoms with Crippen LogP contribution in [0.5, 0.6) is 0 Å². The van der Waals surface area contributed by atoms with Crippen LogP contribution in [0.25, 0.3) is 0 Å². The molecule has 2 aliphatic heterocycles. The predicted molar refractivity (Wildman–Crippen MR) is 167 cm³/mol. The van der Waals surface area contributed by atoms with Gasteiger partial charge in [0.15, 0.2) is 0 Å². The van der Waals surface area contributed by atoms with Crippen molar-refractivity contribution in [3.63, 3.8) is 0 Å². The van der Waals surface area contributed by atoms with Crippen LogP contribution in [0, 0.1) is 5.82 Å². The number of nitrogens with one attached hydrogen (secondary N) is 1. The molecule has 3 aromatic rings. The highest BCUT2D eigenvalue weighted by Crippen LogP contribution is 2.45. The lowest BCUT2D eigenvalue weighted by molar-refractivity contribution is -0.138. The quantitative estimate of drug-likeness (QED) is 0.356. The largest absolute Gasteiger partial charge is 0.463 e. The fraction of sp³-hybridized carbons (Fsp3) is 0.424. The molecule has 1 saturated heterocycles. The maximum absolute atomic E-state index is 14.3. The summed E-state index contributed by atoms with van der Waals surface area (Å²) < 4.78 is 21.6. The highest BCUT2D eigenvalue weighted by Gasteiger charge is 2.39. The van der Waals surface area contributed by atoms with E-state index >= 15 is 0 Å². The Labute approximate surface area is 252 Å². The summed E-state index contributed by atoms with van der Waals surface area (Å²) in [5.41, 5.74) is 3.24. The third kappa shape index (κ3) is 6.65. The third-order valence-corrected chi connectivity index (χ3v) is 8.12. The number of benzene rings is 2. The van der Waals surface area contributed by atoms with E-state index in [9.17, 15) is 14.0 Å². The van der Waals surface area contributed by atoms with Crippen LogP contribution in [0.2, 0.25) is 0 Å². The molecule has 1 unspecified atom stereocenters. The summed E-state index contributed by atoms with van der Waals surface area (Å²) >= 11 is 0. The molecule has 0 radical (unpaired) electrons. The summed E-state index contributed by atoms with van der Waals surface area (Å²) in [5, 5.41) is 3.43. The van der Waals surface area contributed by atoms with E-state index in [1.165, 1.54) is 6.07 Å². The number of ether oxygens (including phenoxy) is 1. The molecule has 228 valence electrons. The van der Waals surface area contributed by atoms with E-state index < -0.39 is 11.9 Å². The number of esters is 1. The molecule has 2 aromatic carbocycles. The van der Waals surface area contributed by atoms with Gasteiger partial charge in [0, 0.05) is 56.1 Å². The van der Waals surface area contributed by atoms with Crippen LogP contribution in [0.15, 0.2) is 70.7 Å². The van der Waals surface area contributed by atoms with Crippen molar-refractivity contribution in [1.29, 1.82) is 0 Å². The zero-order valence-corrected chi connectivity index (χ0v) is 25.5. The molecule has 2 aliphatic rings. The van der Waals surface area contributed by atoms with E-state index in [-0.39, 0.29) is 18.1 Å². The molecule has 0 amide bonds. The van der Waals surface area contributed by atoms with E-state index in [1.54, 1.807) is 17.6 Å². The van der Waals surface area contributed by atoms with E-state index in [0.717, 1.165) is 24.1 Å². The lowest BCUT2D eigenvalue weighted by atomic mass is 9.81. The average Bonchev–Trinajstić information content (AvgIpc) is 2.99. The number of carbonyl (C=O) groups excluding carboxylic acids is 1. The first-order valence-electron chi connectivity index (χ1n) is 15.0. The van der Waals surface area contributed by atoms with Crippen molar-refractivity contribution < 1.29 is 13.9 Å². The van der Waals surface area contributed by atoms with E-state index in [1.807, 2.05) is 63.5 Å². The highest BCUT2D eigenvalue weighted by atomic mass is 19.1. The SMILES string of the molecule is CCOC(=O)C1=C(C)Nc2c(c(N3CCN(Cc4ccccc4F)CC3)nc(=O)n2CCCN(C)C)C1c1ccccc1. The topological polar surface area (TPSA) is 82.9 Å². The molecular formula is C33H41FN6O3. The number of rotatable bonds is 10. The predicted octanol–water partition coefficient (Wildman–Crippen LogP) is 4.05. The molecule has 3 heterocycles. The Bertz CT molecular complexity index is 1530. The van der Waals surface area contributed by atoms with Crippen LogP contribution < -0.4 is 15.9 Å². The van der Waals surface area contributed by atoms with E-state index in [0.29, 0.717) is 67.7 Å². The van der Waals surface area contributed by atoms with Gasteiger partial charge in [0.2, 0.25) is 0 Å². The van der Waals surface area contributed by atoms with Crippen molar-refractivity contribution in [2.75, 3.05) is 63.6 Å². The van der Waals surface area contributed by atoms with Gasteiger partial charge in [-0.15, -0.1) is 0 Å². The first-order chi connectivity index (χ1) is 20.8. The van der Waals surface area contributed by atoms with Crippen molar-refractivity contribution in [3.8, 4) is 0 Å². The summed E-state index contributed by atoms with van der Waals surface area (Å²) in [5.74, 6) is 0.171. The summed E-state index contributed by atoms with van der Waals surface area (Å²) in [6, 6.07) is 16.7. The molecule has 1 aromatic heterocycles. The molecule has 1 atom stereocenters. The van der Waals surface area contributed by atoms with Crippen LogP contribution in [-0.4, -0.2) is 78.7 Å². The van der Waals surface area contributed by atoms with Crippen molar-refractivity contribution in [2.24, 2.45) is 0 Å². The number of allylic oxidation sites excluding steroid dienone is 1. The monoisotopic (exact) mass is 588 g/mol. The van der Waals surface area contributed by atoms with Gasteiger partial charge in [0.05, 0.1) is 18.1 Å². The number of aromatic nitrogens is 2. The van der Waals surface area contributed by atoms with Crippen molar-refractivity contribution in [3.05, 3.63) is 98.9 Å². The van der Waals surface area contributed by atoms with E-state index in [2.05, 4.69) is 20.0 Å². The highest BCUT2D eigenvalue weighted by molar-refractivity contribution is 5.95. The van der Waals surface area contributed by atoms with Crippen molar-refractivity contribution >= 4 is 17.6 Å². The Balaban J connectivity index is 1.57. The van der Waals surface area contributed by atoms with Gasteiger partial charge in [0.1, 0.15) is 17.5 Å². The summed E-state index contributed by atoms with van der Waals surface area (Å²) in [6.07, 6.45) is 0.764. The normalized spacial score (nSPS) is 17.2. The lowest BCUT2D eigenvalue weighted by Gasteiger charge is -2.39. The molecule has 1 fully saturated rings. The molecule has 10 heteroatoms. The van der Waals surface area contributed by atoms with Gasteiger partial charge in [-0.25, -0.2) is 14.0 Å². The van der Waals surface area contributed by atoms with Crippen molar-refractivity contribution in [1.82, 2.24) is 19.4 Å². The smallest absolute Gasteiger partial charge is 0.351 e. The Morgan fingerprint density at radius 2 is 1.77 bits per heavy atom. The van der Waals surface area contributed by atoms with Gasteiger partial charge in [-0.05, 0) is 52.5 Å².